The summed E-state index contributed by atoms with van der Waals surface area (Å²) in [6, 6.07) is 0. The molecule has 1 aliphatic heterocycles. The Bertz CT molecular complexity index is 1810. The number of carbonyl (C=O) groups excluding carboxylic acids is 3. The van der Waals surface area contributed by atoms with E-state index in [1.165, 1.54) is 21.3 Å². The van der Waals surface area contributed by atoms with Crippen molar-refractivity contribution < 1.29 is 41.9 Å². The van der Waals surface area contributed by atoms with E-state index < -0.39 is 60.1 Å². The molecule has 60 heavy (non-hydrogen) atoms. The zero-order chi connectivity index (χ0) is 45.9. The minimum absolute atomic E-state index is 0.0933. The molecule has 0 saturated heterocycles. The van der Waals surface area contributed by atoms with Crippen molar-refractivity contribution in [2.75, 3.05) is 21.3 Å². The number of hydrogen-bond donors (Lipinski definition) is 0. The van der Waals surface area contributed by atoms with Crippen LogP contribution in [0.25, 0.3) is 0 Å². The van der Waals surface area contributed by atoms with Crippen molar-refractivity contribution in [1.82, 2.24) is 28.3 Å². The third-order valence-electron chi connectivity index (χ3n) is 12.5. The maximum atomic E-state index is 13.9. The van der Waals surface area contributed by atoms with Crippen molar-refractivity contribution in [3.8, 4) is 0 Å². The second-order valence-electron chi connectivity index (χ2n) is 19.5. The molecule has 0 radical (unpaired) electrons. The Morgan fingerprint density at radius 2 is 0.633 bits per heavy atom. The highest BCUT2D eigenvalue weighted by Gasteiger charge is 2.57. The average molecular weight is 889 g/mol. The normalized spacial score (nSPS) is 19.4. The fraction of sp³-hybridized carbons (Fsp3) is 0.714. The summed E-state index contributed by atoms with van der Waals surface area (Å²) in [6.07, 6.45) is 5.68. The predicted octanol–water partition coefficient (Wildman–Crippen LogP) is 9.14. The number of aromatic nitrogens is 6. The number of methoxy groups -OCH3 is 3. The number of carbonyl (C=O) groups is 3. The average Bonchev–Trinajstić information content (AvgIpc) is 3.92. The summed E-state index contributed by atoms with van der Waals surface area (Å²) < 4.78 is 44.5. The van der Waals surface area contributed by atoms with Crippen LogP contribution in [-0.4, -0.2) is 93.0 Å². The number of rotatable bonds is 9. The van der Waals surface area contributed by atoms with Crippen LogP contribution in [0.2, 0.25) is 33.2 Å². The first kappa shape index (κ1) is 49.2. The van der Waals surface area contributed by atoms with Crippen LogP contribution in [0.15, 0.2) is 18.6 Å². The molecule has 0 unspecified atom stereocenters. The molecule has 0 aliphatic carbocycles. The number of ether oxygens (including phenoxy) is 3. The Labute approximate surface area is 360 Å². The first-order valence-corrected chi connectivity index (χ1v) is 27.2. The maximum Gasteiger partial charge on any atom is 0.358 e. The van der Waals surface area contributed by atoms with Crippen LogP contribution in [-0.2, 0) is 44.3 Å². The minimum Gasteiger partial charge on any atom is -0.464 e. The van der Waals surface area contributed by atoms with Gasteiger partial charge in [0.1, 0.15) is 0 Å². The SMILES string of the molecule is COC(=O)c1nn2cc1C(C)(C)O[Si](C(C)C)(C(C)C)n1cc(c(C(=O)OC)n1)C(C)(C)O[Si](C(C)C)(C(C)C)n1cc(c(C(=O)OC)n1)C(C)(C)O[Si]2(C(C)C)C(C)C. The Morgan fingerprint density at radius 3 is 0.783 bits per heavy atom. The van der Waals surface area contributed by atoms with Crippen LogP contribution in [0.4, 0.5) is 0 Å². The molecule has 0 fully saturated rings. The molecule has 3 aromatic heterocycles. The number of nitrogens with zero attached hydrogens (tertiary/aromatic N) is 6. The molecule has 336 valence electrons. The van der Waals surface area contributed by atoms with Gasteiger partial charge in [-0.2, -0.15) is 15.3 Å². The topological polar surface area (TPSA) is 160 Å². The Hall–Kier alpha value is -3.43. The van der Waals surface area contributed by atoms with Gasteiger partial charge < -0.3 is 27.5 Å². The summed E-state index contributed by atoms with van der Waals surface area (Å²) in [4.78, 5) is 41.6. The van der Waals surface area contributed by atoms with Crippen molar-refractivity contribution >= 4 is 43.3 Å². The van der Waals surface area contributed by atoms with Crippen molar-refractivity contribution in [1.29, 1.82) is 0 Å². The van der Waals surface area contributed by atoms with Gasteiger partial charge in [0.05, 0.1) is 38.1 Å². The molecule has 0 atom stereocenters. The summed E-state index contributed by atoms with van der Waals surface area (Å²) in [5.41, 5.74) is -2.15. The standard InChI is InChI=1S/C42H72N6O9Si3/c1-25(2)58(26(3)4)46-22-31(34(43-46)37(49)52-19)41(15,16)56-60(29(9)10,30(11)12)48-24-33(36(45-48)39(51)54-21)42(17,18)57-59(27(5)6,28(7)8)47-23-32(40(13,14)55-58)35(44-47)38(50)53-20/h22-30H,1-21H3. The summed E-state index contributed by atoms with van der Waals surface area (Å²) in [6.45, 7) is 36.9. The molecule has 0 N–H and O–H groups in total. The van der Waals surface area contributed by atoms with E-state index in [0.29, 0.717) is 16.7 Å². The lowest BCUT2D eigenvalue weighted by Crippen LogP contribution is -2.57. The van der Waals surface area contributed by atoms with Crippen molar-refractivity contribution in [3.63, 3.8) is 0 Å². The van der Waals surface area contributed by atoms with Crippen LogP contribution < -0.4 is 0 Å². The summed E-state index contributed by atoms with van der Waals surface area (Å²) in [5, 5.41) is 15.3. The van der Waals surface area contributed by atoms with E-state index in [9.17, 15) is 14.4 Å². The van der Waals surface area contributed by atoms with E-state index in [2.05, 4.69) is 83.1 Å². The van der Waals surface area contributed by atoms with Gasteiger partial charge >= 0.3 is 43.3 Å². The third kappa shape index (κ3) is 7.93. The highest BCUT2D eigenvalue weighted by atomic mass is 28.4. The van der Waals surface area contributed by atoms with E-state index in [1.54, 1.807) is 0 Å². The summed E-state index contributed by atoms with van der Waals surface area (Å²) >= 11 is 0. The first-order chi connectivity index (χ1) is 27.5. The molecular weight excluding hydrogens is 817 g/mol. The van der Waals surface area contributed by atoms with E-state index in [-0.39, 0.29) is 50.3 Å². The third-order valence-corrected chi connectivity index (χ3v) is 27.8. The molecule has 4 rings (SSSR count). The van der Waals surface area contributed by atoms with Crippen LogP contribution in [0.3, 0.4) is 0 Å². The van der Waals surface area contributed by atoms with Crippen LogP contribution >= 0.6 is 0 Å². The highest BCUT2D eigenvalue weighted by molar-refractivity contribution is 6.76. The Morgan fingerprint density at radius 1 is 0.450 bits per heavy atom. The molecule has 3 aromatic rings. The number of esters is 3. The summed E-state index contributed by atoms with van der Waals surface area (Å²) in [5.74, 6) is -1.85. The summed E-state index contributed by atoms with van der Waals surface area (Å²) in [7, 11) is -6.09. The lowest BCUT2D eigenvalue weighted by molar-refractivity contribution is 0.0547. The van der Waals surface area contributed by atoms with Gasteiger partial charge in [0.15, 0.2) is 17.1 Å². The van der Waals surface area contributed by atoms with Gasteiger partial charge in [-0.15, -0.1) is 0 Å². The van der Waals surface area contributed by atoms with Crippen molar-refractivity contribution in [2.24, 2.45) is 0 Å². The molecule has 4 heterocycles. The Kier molecular flexibility index (Phi) is 14.0. The molecule has 0 amide bonds. The van der Waals surface area contributed by atoms with Gasteiger partial charge in [0, 0.05) is 35.3 Å². The largest absolute Gasteiger partial charge is 0.464 e. The van der Waals surface area contributed by atoms with Gasteiger partial charge in [-0.25, -0.2) is 14.4 Å². The zero-order valence-corrected chi connectivity index (χ0v) is 43.1. The van der Waals surface area contributed by atoms with E-state index in [0.717, 1.165) is 0 Å². The van der Waals surface area contributed by atoms with E-state index >= 15 is 0 Å². The van der Waals surface area contributed by atoms with Gasteiger partial charge in [-0.05, 0) is 74.8 Å². The molecule has 15 nitrogen and oxygen atoms in total. The monoisotopic (exact) mass is 888 g/mol. The van der Waals surface area contributed by atoms with Crippen LogP contribution in [0, 0.1) is 0 Å². The number of fused-ring (bicyclic) bond motifs is 6. The Balaban J connectivity index is 2.35. The molecule has 18 heteroatoms. The quantitative estimate of drug-likeness (QED) is 0.114. The molecule has 0 saturated carbocycles. The van der Waals surface area contributed by atoms with Crippen LogP contribution in [0.1, 0.15) is 173 Å². The first-order valence-electron chi connectivity index (χ1n) is 21.2. The van der Waals surface area contributed by atoms with E-state index in [1.807, 2.05) is 73.2 Å². The lowest BCUT2D eigenvalue weighted by atomic mass is 9.99. The van der Waals surface area contributed by atoms with Gasteiger partial charge in [0.25, 0.3) is 0 Å². The molecule has 6 bridgehead atoms. The second-order valence-corrected chi connectivity index (χ2v) is 32.9. The van der Waals surface area contributed by atoms with Crippen molar-refractivity contribution in [3.05, 3.63) is 52.4 Å². The predicted molar refractivity (Wildman–Crippen MR) is 237 cm³/mol. The minimum atomic E-state index is -3.37. The van der Waals surface area contributed by atoms with Crippen LogP contribution in [0.5, 0.6) is 0 Å². The van der Waals surface area contributed by atoms with E-state index in [4.69, 9.17) is 42.8 Å². The fourth-order valence-corrected chi connectivity index (χ4v) is 23.0. The fourth-order valence-electron chi connectivity index (χ4n) is 9.55. The molecular formula is C42H72N6O9Si3. The molecule has 0 spiro atoms. The lowest BCUT2D eigenvalue weighted by Gasteiger charge is -2.45. The zero-order valence-electron chi connectivity index (χ0n) is 40.1. The van der Waals surface area contributed by atoms with Gasteiger partial charge in [-0.3, -0.25) is 13.0 Å². The van der Waals surface area contributed by atoms with Gasteiger partial charge in [-0.1, -0.05) is 83.1 Å². The second kappa shape index (κ2) is 17.0. The molecule has 0 aromatic carbocycles. The molecule has 1 aliphatic rings. The van der Waals surface area contributed by atoms with Crippen molar-refractivity contribution in [2.45, 2.75) is 175 Å². The van der Waals surface area contributed by atoms with Gasteiger partial charge in [0.2, 0.25) is 0 Å². The smallest absolute Gasteiger partial charge is 0.358 e. The highest BCUT2D eigenvalue weighted by Crippen LogP contribution is 2.48. The maximum absolute atomic E-state index is 13.9. The number of hydrogen-bond acceptors (Lipinski definition) is 12.